The van der Waals surface area contributed by atoms with Crippen molar-refractivity contribution in [1.82, 2.24) is 0 Å². The Morgan fingerprint density at radius 1 is 1.12 bits per heavy atom. The molecule has 2 rings (SSSR count). The van der Waals surface area contributed by atoms with Crippen molar-refractivity contribution in [2.24, 2.45) is 0 Å². The van der Waals surface area contributed by atoms with Crippen molar-refractivity contribution in [3.63, 3.8) is 0 Å². The summed E-state index contributed by atoms with van der Waals surface area (Å²) < 4.78 is 15.6. The molecule has 0 aliphatic carbocycles. The number of carbonyl (C=O) groups is 1. The number of ether oxygens (including phenoxy) is 3. The van der Waals surface area contributed by atoms with Crippen molar-refractivity contribution in [3.8, 4) is 5.75 Å². The number of aliphatic hydroxyl groups is 1. The van der Waals surface area contributed by atoms with Gasteiger partial charge in [-0.3, -0.25) is 0 Å². The quantitative estimate of drug-likeness (QED) is 0.481. The van der Waals surface area contributed by atoms with Crippen molar-refractivity contribution >= 4 is 11.5 Å². The lowest BCUT2D eigenvalue weighted by atomic mass is 10.0. The summed E-state index contributed by atoms with van der Waals surface area (Å²) in [5.74, 6) is 0.165. The molecular formula is C19H20O5. The summed E-state index contributed by atoms with van der Waals surface area (Å²) in [7, 11) is 2.80. The van der Waals surface area contributed by atoms with E-state index in [1.165, 1.54) is 20.5 Å². The van der Waals surface area contributed by atoms with E-state index in [2.05, 4.69) is 0 Å². The Kier molecular flexibility index (Phi) is 6.40. The highest BCUT2D eigenvalue weighted by atomic mass is 16.5. The minimum absolute atomic E-state index is 0.0448. The Morgan fingerprint density at radius 2 is 1.92 bits per heavy atom. The van der Waals surface area contributed by atoms with Gasteiger partial charge in [0.25, 0.3) is 0 Å². The number of hydrogen-bond donors (Lipinski definition) is 1. The third-order valence-electron chi connectivity index (χ3n) is 3.42. The maximum Gasteiger partial charge on any atom is 0.341 e. The lowest BCUT2D eigenvalue weighted by Crippen LogP contribution is -2.08. The molecule has 0 atom stereocenters. The van der Waals surface area contributed by atoms with Crippen LogP contribution in [0.2, 0.25) is 0 Å². The van der Waals surface area contributed by atoms with E-state index in [1.54, 1.807) is 6.07 Å². The summed E-state index contributed by atoms with van der Waals surface area (Å²) >= 11 is 0. The van der Waals surface area contributed by atoms with E-state index < -0.39 is 5.97 Å². The summed E-state index contributed by atoms with van der Waals surface area (Å²) in [6.45, 7) is 0.222. The standard InChI is InChI=1S/C19H20O5/c1-22-13-18(19(21)23-2)17-9-4-3-7-15(17)12-24-16-8-5-6-14(10-16)11-20/h3-10,13,20H,11-12H2,1-2H3. The molecule has 0 bridgehead atoms. The number of esters is 1. The van der Waals surface area contributed by atoms with Gasteiger partial charge < -0.3 is 19.3 Å². The molecule has 5 nitrogen and oxygen atoms in total. The Balaban J connectivity index is 2.25. The van der Waals surface area contributed by atoms with E-state index >= 15 is 0 Å². The van der Waals surface area contributed by atoms with Gasteiger partial charge in [-0.05, 0) is 28.8 Å². The van der Waals surface area contributed by atoms with Gasteiger partial charge in [-0.15, -0.1) is 0 Å². The van der Waals surface area contributed by atoms with Gasteiger partial charge in [0.1, 0.15) is 17.9 Å². The molecule has 0 aliphatic heterocycles. The second kappa shape index (κ2) is 8.74. The van der Waals surface area contributed by atoms with Gasteiger partial charge in [0.15, 0.2) is 0 Å². The van der Waals surface area contributed by atoms with Gasteiger partial charge in [0.2, 0.25) is 0 Å². The summed E-state index contributed by atoms with van der Waals surface area (Å²) in [4.78, 5) is 12.0. The monoisotopic (exact) mass is 328 g/mol. The molecule has 0 saturated heterocycles. The Bertz CT molecular complexity index is 721. The van der Waals surface area contributed by atoms with Crippen LogP contribution in [-0.4, -0.2) is 25.3 Å². The molecule has 2 aromatic carbocycles. The van der Waals surface area contributed by atoms with Crippen LogP contribution in [-0.2, 0) is 27.5 Å². The lowest BCUT2D eigenvalue weighted by molar-refractivity contribution is -0.133. The predicted octanol–water partition coefficient (Wildman–Crippen LogP) is 2.92. The van der Waals surface area contributed by atoms with Gasteiger partial charge in [0.05, 0.1) is 27.1 Å². The van der Waals surface area contributed by atoms with Crippen molar-refractivity contribution in [2.75, 3.05) is 14.2 Å². The minimum atomic E-state index is -0.480. The average Bonchev–Trinajstić information content (AvgIpc) is 2.64. The maximum atomic E-state index is 12.0. The van der Waals surface area contributed by atoms with Crippen LogP contribution in [0, 0.1) is 0 Å². The second-order valence-corrected chi connectivity index (χ2v) is 5.01. The van der Waals surface area contributed by atoms with Crippen LogP contribution in [0.3, 0.4) is 0 Å². The number of aliphatic hydroxyl groups excluding tert-OH is 1. The van der Waals surface area contributed by atoms with Gasteiger partial charge in [-0.25, -0.2) is 4.79 Å². The summed E-state index contributed by atoms with van der Waals surface area (Å²) in [5.41, 5.74) is 2.60. The lowest BCUT2D eigenvalue weighted by Gasteiger charge is -2.13. The molecule has 24 heavy (non-hydrogen) atoms. The number of carbonyl (C=O) groups excluding carboxylic acids is 1. The van der Waals surface area contributed by atoms with Crippen molar-refractivity contribution in [2.45, 2.75) is 13.2 Å². The maximum absolute atomic E-state index is 12.0. The first-order chi connectivity index (χ1) is 11.7. The van der Waals surface area contributed by atoms with Crippen molar-refractivity contribution in [3.05, 3.63) is 71.5 Å². The highest BCUT2D eigenvalue weighted by Gasteiger charge is 2.16. The zero-order valence-corrected chi connectivity index (χ0v) is 13.7. The van der Waals surface area contributed by atoms with Crippen molar-refractivity contribution in [1.29, 1.82) is 0 Å². The summed E-state index contributed by atoms with van der Waals surface area (Å²) in [6, 6.07) is 14.6. The largest absolute Gasteiger partial charge is 0.503 e. The normalized spacial score (nSPS) is 11.0. The topological polar surface area (TPSA) is 65.0 Å². The van der Waals surface area contributed by atoms with Crippen LogP contribution in [0.1, 0.15) is 16.7 Å². The molecule has 0 unspecified atom stereocenters. The van der Waals surface area contributed by atoms with Gasteiger partial charge >= 0.3 is 5.97 Å². The molecule has 2 aromatic rings. The van der Waals surface area contributed by atoms with Crippen LogP contribution in [0.5, 0.6) is 5.75 Å². The summed E-state index contributed by atoms with van der Waals surface area (Å²) in [5, 5.41) is 9.18. The first-order valence-electron chi connectivity index (χ1n) is 7.41. The van der Waals surface area contributed by atoms with E-state index in [0.29, 0.717) is 16.9 Å². The van der Waals surface area contributed by atoms with Crippen LogP contribution in [0.25, 0.3) is 5.57 Å². The number of rotatable bonds is 7. The van der Waals surface area contributed by atoms with Gasteiger partial charge in [0, 0.05) is 0 Å². The molecule has 0 heterocycles. The third kappa shape index (κ3) is 4.36. The molecule has 1 N–H and O–H groups in total. The zero-order chi connectivity index (χ0) is 17.4. The summed E-state index contributed by atoms with van der Waals surface area (Å²) in [6.07, 6.45) is 1.36. The number of benzene rings is 2. The van der Waals surface area contributed by atoms with Gasteiger partial charge in [-0.1, -0.05) is 36.4 Å². The molecule has 0 aliphatic rings. The molecular weight excluding hydrogens is 308 g/mol. The van der Waals surface area contributed by atoms with Crippen molar-refractivity contribution < 1.29 is 24.1 Å². The average molecular weight is 328 g/mol. The Labute approximate surface area is 141 Å². The number of hydrogen-bond acceptors (Lipinski definition) is 5. The second-order valence-electron chi connectivity index (χ2n) is 5.01. The van der Waals surface area contributed by atoms with Crippen LogP contribution >= 0.6 is 0 Å². The first kappa shape index (κ1) is 17.6. The van der Waals surface area contributed by atoms with E-state index in [1.807, 2.05) is 42.5 Å². The molecule has 0 fully saturated rings. The molecule has 0 spiro atoms. The highest BCUT2D eigenvalue weighted by molar-refractivity contribution is 6.16. The first-order valence-corrected chi connectivity index (χ1v) is 7.41. The van der Waals surface area contributed by atoms with E-state index in [0.717, 1.165) is 11.1 Å². The molecule has 5 heteroatoms. The molecule has 126 valence electrons. The highest BCUT2D eigenvalue weighted by Crippen LogP contribution is 2.23. The van der Waals surface area contributed by atoms with E-state index in [9.17, 15) is 9.90 Å². The fourth-order valence-corrected chi connectivity index (χ4v) is 2.25. The van der Waals surface area contributed by atoms with Crippen LogP contribution < -0.4 is 4.74 Å². The fourth-order valence-electron chi connectivity index (χ4n) is 2.25. The molecule has 0 aromatic heterocycles. The Morgan fingerprint density at radius 3 is 2.62 bits per heavy atom. The SMILES string of the molecule is COC=C(C(=O)OC)c1ccccc1COc1cccc(CO)c1. The predicted molar refractivity (Wildman–Crippen MR) is 90.1 cm³/mol. The van der Waals surface area contributed by atoms with E-state index in [4.69, 9.17) is 14.2 Å². The Hall–Kier alpha value is -2.79. The minimum Gasteiger partial charge on any atom is -0.503 e. The van der Waals surface area contributed by atoms with Gasteiger partial charge in [-0.2, -0.15) is 0 Å². The fraction of sp³-hybridized carbons (Fsp3) is 0.211. The van der Waals surface area contributed by atoms with E-state index in [-0.39, 0.29) is 13.2 Å². The zero-order valence-electron chi connectivity index (χ0n) is 13.7. The smallest absolute Gasteiger partial charge is 0.341 e. The molecule has 0 radical (unpaired) electrons. The number of methoxy groups -OCH3 is 2. The molecule has 0 saturated carbocycles. The molecule has 0 amide bonds. The third-order valence-corrected chi connectivity index (χ3v) is 3.42. The van der Waals surface area contributed by atoms with Crippen LogP contribution in [0.4, 0.5) is 0 Å². The van der Waals surface area contributed by atoms with Crippen LogP contribution in [0.15, 0.2) is 54.8 Å².